The maximum atomic E-state index is 12.4. The number of carbonyl (C=O) groups is 1. The minimum absolute atomic E-state index is 0.240. The van der Waals surface area contributed by atoms with E-state index in [0.29, 0.717) is 18.4 Å². The van der Waals surface area contributed by atoms with Crippen molar-refractivity contribution in [3.05, 3.63) is 29.8 Å². The molecule has 102 valence electrons. The molecule has 0 unspecified atom stereocenters. The minimum Gasteiger partial charge on any atom is -0.497 e. The first kappa shape index (κ1) is 12.5. The summed E-state index contributed by atoms with van der Waals surface area (Å²) in [7, 11) is 1.65. The zero-order valence-corrected chi connectivity index (χ0v) is 11.3. The molecule has 1 amide bonds. The number of ether oxygens (including phenoxy) is 1. The third-order valence-corrected chi connectivity index (χ3v) is 4.26. The molecule has 0 aromatic heterocycles. The third kappa shape index (κ3) is 2.45. The second-order valence-corrected chi connectivity index (χ2v) is 5.39. The maximum absolute atomic E-state index is 12.4. The Labute approximate surface area is 113 Å². The molecule has 2 heterocycles. The fourth-order valence-electron chi connectivity index (χ4n) is 3.22. The van der Waals surface area contributed by atoms with Crippen LogP contribution in [0, 0.1) is 5.92 Å². The van der Waals surface area contributed by atoms with Gasteiger partial charge in [0.25, 0.3) is 0 Å². The van der Waals surface area contributed by atoms with Gasteiger partial charge in [-0.15, -0.1) is 0 Å². The largest absolute Gasteiger partial charge is 0.497 e. The van der Waals surface area contributed by atoms with Crippen LogP contribution in [0.2, 0.25) is 0 Å². The van der Waals surface area contributed by atoms with Gasteiger partial charge in [-0.1, -0.05) is 12.1 Å². The topological polar surface area (TPSA) is 41.6 Å². The van der Waals surface area contributed by atoms with Crippen molar-refractivity contribution in [3.8, 4) is 5.75 Å². The number of methoxy groups -OCH3 is 1. The Morgan fingerprint density at radius 2 is 2.37 bits per heavy atom. The lowest BCUT2D eigenvalue weighted by molar-refractivity contribution is -0.131. The summed E-state index contributed by atoms with van der Waals surface area (Å²) in [4.78, 5) is 14.5. The van der Waals surface area contributed by atoms with Gasteiger partial charge in [0, 0.05) is 25.7 Å². The maximum Gasteiger partial charge on any atom is 0.227 e. The number of rotatable bonds is 3. The first-order chi connectivity index (χ1) is 9.28. The first-order valence-electron chi connectivity index (χ1n) is 6.91. The molecule has 19 heavy (non-hydrogen) atoms. The van der Waals surface area contributed by atoms with Crippen molar-refractivity contribution in [2.75, 3.05) is 26.7 Å². The van der Waals surface area contributed by atoms with Gasteiger partial charge in [-0.2, -0.15) is 0 Å². The van der Waals surface area contributed by atoms with Crippen LogP contribution in [0.15, 0.2) is 24.3 Å². The highest BCUT2D eigenvalue weighted by molar-refractivity contribution is 5.79. The number of likely N-dealkylation sites (tertiary alicyclic amines) is 1. The lowest BCUT2D eigenvalue weighted by atomic mass is 10.0. The van der Waals surface area contributed by atoms with E-state index in [9.17, 15) is 4.79 Å². The van der Waals surface area contributed by atoms with E-state index in [-0.39, 0.29) is 5.91 Å². The molecular formula is C15H20N2O2. The molecule has 3 rings (SSSR count). The van der Waals surface area contributed by atoms with Gasteiger partial charge in [-0.3, -0.25) is 4.79 Å². The van der Waals surface area contributed by atoms with E-state index in [1.165, 1.54) is 0 Å². The van der Waals surface area contributed by atoms with Gasteiger partial charge >= 0.3 is 0 Å². The zero-order valence-electron chi connectivity index (χ0n) is 11.3. The van der Waals surface area contributed by atoms with Gasteiger partial charge in [0.15, 0.2) is 0 Å². The average molecular weight is 260 g/mol. The summed E-state index contributed by atoms with van der Waals surface area (Å²) >= 11 is 0. The molecule has 2 aliphatic heterocycles. The predicted molar refractivity (Wildman–Crippen MR) is 73.2 cm³/mol. The lowest BCUT2D eigenvalue weighted by Gasteiger charge is -2.23. The molecule has 0 bridgehead atoms. The van der Waals surface area contributed by atoms with Crippen LogP contribution in [0.5, 0.6) is 5.75 Å². The number of nitrogens with one attached hydrogen (secondary N) is 1. The standard InChI is InChI=1S/C15H20N2O2/c1-19-13-4-2-3-11(7-13)8-15(18)17-6-5-12-9-16-10-14(12)17/h2-4,7,12,14,16H,5-6,8-10H2,1H3/t12-,14+/m0/s1. The van der Waals surface area contributed by atoms with Crippen LogP contribution in [0.4, 0.5) is 0 Å². The van der Waals surface area contributed by atoms with Gasteiger partial charge in [0.2, 0.25) is 5.91 Å². The fourth-order valence-corrected chi connectivity index (χ4v) is 3.22. The first-order valence-corrected chi connectivity index (χ1v) is 6.91. The Kier molecular flexibility index (Phi) is 3.42. The summed E-state index contributed by atoms with van der Waals surface area (Å²) in [6.45, 7) is 2.93. The molecule has 2 atom stereocenters. The molecule has 1 aromatic carbocycles. The van der Waals surface area contributed by atoms with Crippen molar-refractivity contribution in [1.82, 2.24) is 10.2 Å². The minimum atomic E-state index is 0.240. The molecule has 1 N–H and O–H groups in total. The van der Waals surface area contributed by atoms with Gasteiger partial charge < -0.3 is 15.0 Å². The number of fused-ring (bicyclic) bond motifs is 1. The highest BCUT2D eigenvalue weighted by atomic mass is 16.5. The molecule has 0 saturated carbocycles. The molecule has 1 aromatic rings. The van der Waals surface area contributed by atoms with Crippen LogP contribution < -0.4 is 10.1 Å². The molecular weight excluding hydrogens is 240 g/mol. The summed E-state index contributed by atoms with van der Waals surface area (Å²) < 4.78 is 5.20. The second kappa shape index (κ2) is 5.21. The van der Waals surface area contributed by atoms with Crippen LogP contribution in [0.1, 0.15) is 12.0 Å². The summed E-state index contributed by atoms with van der Waals surface area (Å²) in [5.41, 5.74) is 1.03. The molecule has 0 radical (unpaired) electrons. The molecule has 2 fully saturated rings. The predicted octanol–water partition coefficient (Wildman–Crippen LogP) is 1.06. The summed E-state index contributed by atoms with van der Waals surface area (Å²) in [5, 5.41) is 3.38. The van der Waals surface area contributed by atoms with Crippen molar-refractivity contribution < 1.29 is 9.53 Å². The molecule has 4 nitrogen and oxygen atoms in total. The van der Waals surface area contributed by atoms with Crippen molar-refractivity contribution >= 4 is 5.91 Å². The van der Waals surface area contributed by atoms with Crippen LogP contribution >= 0.6 is 0 Å². The normalized spacial score (nSPS) is 25.4. The van der Waals surface area contributed by atoms with Gasteiger partial charge in [-0.25, -0.2) is 0 Å². The van der Waals surface area contributed by atoms with E-state index in [0.717, 1.165) is 37.4 Å². The van der Waals surface area contributed by atoms with E-state index in [1.54, 1.807) is 7.11 Å². The number of benzene rings is 1. The third-order valence-electron chi connectivity index (χ3n) is 4.26. The van der Waals surface area contributed by atoms with Crippen LogP contribution in [-0.4, -0.2) is 43.6 Å². The van der Waals surface area contributed by atoms with Gasteiger partial charge in [-0.05, 0) is 30.0 Å². The Balaban J connectivity index is 1.67. The molecule has 2 saturated heterocycles. The molecule has 0 spiro atoms. The van der Waals surface area contributed by atoms with Gasteiger partial charge in [0.1, 0.15) is 5.75 Å². The summed E-state index contributed by atoms with van der Waals surface area (Å²) in [5.74, 6) is 1.71. The Hall–Kier alpha value is -1.55. The summed E-state index contributed by atoms with van der Waals surface area (Å²) in [6, 6.07) is 8.18. The van der Waals surface area contributed by atoms with Gasteiger partial charge in [0.05, 0.1) is 13.5 Å². The van der Waals surface area contributed by atoms with Crippen molar-refractivity contribution in [2.24, 2.45) is 5.92 Å². The smallest absolute Gasteiger partial charge is 0.227 e. The average Bonchev–Trinajstić information content (AvgIpc) is 3.01. The van der Waals surface area contributed by atoms with E-state index in [1.807, 2.05) is 24.3 Å². The number of hydrogen-bond donors (Lipinski definition) is 1. The number of hydrogen-bond acceptors (Lipinski definition) is 3. The quantitative estimate of drug-likeness (QED) is 0.883. The van der Waals surface area contributed by atoms with Crippen LogP contribution in [0.3, 0.4) is 0 Å². The fraction of sp³-hybridized carbons (Fsp3) is 0.533. The lowest BCUT2D eigenvalue weighted by Crippen LogP contribution is -2.39. The SMILES string of the molecule is COc1cccc(CC(=O)N2CC[C@H]3CNC[C@H]32)c1. The second-order valence-electron chi connectivity index (χ2n) is 5.39. The molecule has 4 heteroatoms. The number of amides is 1. The number of carbonyl (C=O) groups excluding carboxylic acids is 1. The Morgan fingerprint density at radius 3 is 3.21 bits per heavy atom. The Bertz CT molecular complexity index is 475. The highest BCUT2D eigenvalue weighted by Crippen LogP contribution is 2.27. The van der Waals surface area contributed by atoms with Crippen molar-refractivity contribution in [2.45, 2.75) is 18.9 Å². The molecule has 0 aliphatic carbocycles. The summed E-state index contributed by atoms with van der Waals surface area (Å²) in [6.07, 6.45) is 1.61. The molecule has 2 aliphatic rings. The van der Waals surface area contributed by atoms with E-state index in [4.69, 9.17) is 4.74 Å². The van der Waals surface area contributed by atoms with Crippen molar-refractivity contribution in [1.29, 1.82) is 0 Å². The van der Waals surface area contributed by atoms with E-state index in [2.05, 4.69) is 10.2 Å². The van der Waals surface area contributed by atoms with E-state index >= 15 is 0 Å². The highest BCUT2D eigenvalue weighted by Gasteiger charge is 2.39. The Morgan fingerprint density at radius 1 is 1.47 bits per heavy atom. The van der Waals surface area contributed by atoms with Crippen molar-refractivity contribution in [3.63, 3.8) is 0 Å². The van der Waals surface area contributed by atoms with Crippen LogP contribution in [0.25, 0.3) is 0 Å². The zero-order chi connectivity index (χ0) is 13.2. The van der Waals surface area contributed by atoms with Crippen LogP contribution in [-0.2, 0) is 11.2 Å². The van der Waals surface area contributed by atoms with E-state index < -0.39 is 0 Å². The monoisotopic (exact) mass is 260 g/mol. The number of nitrogens with zero attached hydrogens (tertiary/aromatic N) is 1.